The van der Waals surface area contributed by atoms with Crippen molar-refractivity contribution in [3.8, 4) is 0 Å². The van der Waals surface area contributed by atoms with E-state index >= 15 is 0 Å². The van der Waals surface area contributed by atoms with Crippen LogP contribution in [-0.2, 0) is 11.2 Å². The van der Waals surface area contributed by atoms with Gasteiger partial charge in [-0.15, -0.1) is 0 Å². The maximum absolute atomic E-state index is 11.7. The molecule has 1 atom stereocenters. The van der Waals surface area contributed by atoms with Crippen LogP contribution in [0.1, 0.15) is 36.5 Å². The molecular weight excluding hydrogens is 290 g/mol. The highest BCUT2D eigenvalue weighted by molar-refractivity contribution is 9.09. The molecule has 0 aliphatic heterocycles. The van der Waals surface area contributed by atoms with Crippen molar-refractivity contribution in [2.45, 2.75) is 44.9 Å². The number of amides is 1. The van der Waals surface area contributed by atoms with Crippen LogP contribution in [0.25, 0.3) is 0 Å². The maximum Gasteiger partial charge on any atom is 0.224 e. The van der Waals surface area contributed by atoms with Crippen molar-refractivity contribution in [1.29, 1.82) is 0 Å². The molecular formula is C15H22BrNO. The molecule has 0 fully saturated rings. The van der Waals surface area contributed by atoms with E-state index in [-0.39, 0.29) is 5.91 Å². The fourth-order valence-electron chi connectivity index (χ4n) is 1.77. The second-order valence-electron chi connectivity index (χ2n) is 4.87. The van der Waals surface area contributed by atoms with Gasteiger partial charge >= 0.3 is 0 Å². The van der Waals surface area contributed by atoms with Gasteiger partial charge in [-0.25, -0.2) is 0 Å². The molecule has 2 nitrogen and oxygen atoms in total. The Kier molecular flexibility index (Phi) is 6.41. The van der Waals surface area contributed by atoms with Crippen LogP contribution in [0.5, 0.6) is 0 Å². The molecule has 0 bridgehead atoms. The molecule has 0 saturated heterocycles. The minimum Gasteiger partial charge on any atom is -0.356 e. The van der Waals surface area contributed by atoms with Crippen LogP contribution in [0.2, 0.25) is 0 Å². The molecule has 1 amide bonds. The average molecular weight is 312 g/mol. The van der Waals surface area contributed by atoms with E-state index in [0.717, 1.165) is 24.9 Å². The van der Waals surface area contributed by atoms with E-state index in [1.54, 1.807) is 0 Å². The summed E-state index contributed by atoms with van der Waals surface area (Å²) in [6.07, 6.45) is 2.58. The number of nitrogens with one attached hydrogen (secondary N) is 1. The van der Waals surface area contributed by atoms with Crippen molar-refractivity contribution >= 4 is 21.8 Å². The monoisotopic (exact) mass is 311 g/mol. The van der Waals surface area contributed by atoms with Gasteiger partial charge in [0.1, 0.15) is 0 Å². The predicted octanol–water partition coefficient (Wildman–Crippen LogP) is 3.53. The molecule has 0 heterocycles. The van der Waals surface area contributed by atoms with Gasteiger partial charge in [-0.1, -0.05) is 41.1 Å². The molecule has 100 valence electrons. The summed E-state index contributed by atoms with van der Waals surface area (Å²) in [6.45, 7) is 7.05. The molecule has 1 unspecified atom stereocenters. The Morgan fingerprint density at radius 1 is 1.33 bits per heavy atom. The van der Waals surface area contributed by atoms with Crippen molar-refractivity contribution in [3.05, 3.63) is 34.9 Å². The van der Waals surface area contributed by atoms with E-state index in [1.807, 2.05) is 6.07 Å². The quantitative estimate of drug-likeness (QED) is 0.632. The Labute approximate surface area is 118 Å². The highest BCUT2D eigenvalue weighted by atomic mass is 79.9. The summed E-state index contributed by atoms with van der Waals surface area (Å²) in [5, 5.41) is 2.96. The molecule has 0 aliphatic rings. The average Bonchev–Trinajstić information content (AvgIpc) is 2.29. The summed E-state index contributed by atoms with van der Waals surface area (Å²) in [6, 6.07) is 6.20. The Hall–Kier alpha value is -0.830. The number of halogens is 1. The molecule has 1 aromatic rings. The van der Waals surface area contributed by atoms with E-state index in [2.05, 4.69) is 54.2 Å². The standard InChI is InChI=1S/C15H22BrNO/c1-11-6-7-14(9-12(11)2)10-15(18)17-8-4-5-13(3)16/h6-7,9,13H,4-5,8,10H2,1-3H3,(H,17,18). The number of carbonyl (C=O) groups excluding carboxylic acids is 1. The van der Waals surface area contributed by atoms with Crippen molar-refractivity contribution in [2.24, 2.45) is 0 Å². The zero-order valence-corrected chi connectivity index (χ0v) is 13.0. The molecule has 18 heavy (non-hydrogen) atoms. The first kappa shape index (κ1) is 15.2. The molecule has 0 saturated carbocycles. The number of rotatable bonds is 6. The first-order valence-electron chi connectivity index (χ1n) is 6.46. The van der Waals surface area contributed by atoms with Gasteiger partial charge in [-0.05, 0) is 43.4 Å². The third-order valence-corrected chi connectivity index (χ3v) is 3.49. The topological polar surface area (TPSA) is 29.1 Å². The van der Waals surface area contributed by atoms with E-state index in [4.69, 9.17) is 0 Å². The normalized spacial score (nSPS) is 12.2. The van der Waals surface area contributed by atoms with Crippen LogP contribution in [0.15, 0.2) is 18.2 Å². The fraction of sp³-hybridized carbons (Fsp3) is 0.533. The number of alkyl halides is 1. The third-order valence-electron chi connectivity index (χ3n) is 3.04. The highest BCUT2D eigenvalue weighted by Gasteiger charge is 2.04. The Morgan fingerprint density at radius 2 is 2.06 bits per heavy atom. The minimum atomic E-state index is 0.112. The molecule has 0 aromatic heterocycles. The SMILES string of the molecule is Cc1ccc(CC(=O)NCCCC(C)Br)cc1C. The minimum absolute atomic E-state index is 0.112. The molecule has 1 N–H and O–H groups in total. The Bertz CT molecular complexity index is 401. The van der Waals surface area contributed by atoms with Crippen LogP contribution in [0, 0.1) is 13.8 Å². The lowest BCUT2D eigenvalue weighted by molar-refractivity contribution is -0.120. The van der Waals surface area contributed by atoms with Crippen molar-refractivity contribution in [2.75, 3.05) is 6.54 Å². The third kappa shape index (κ3) is 5.67. The van der Waals surface area contributed by atoms with Crippen LogP contribution < -0.4 is 5.32 Å². The zero-order valence-electron chi connectivity index (χ0n) is 11.4. The van der Waals surface area contributed by atoms with Gasteiger partial charge in [0, 0.05) is 11.4 Å². The van der Waals surface area contributed by atoms with E-state index in [9.17, 15) is 4.79 Å². The van der Waals surface area contributed by atoms with Crippen LogP contribution in [-0.4, -0.2) is 17.3 Å². The van der Waals surface area contributed by atoms with Gasteiger partial charge in [0.15, 0.2) is 0 Å². The fourth-order valence-corrected chi connectivity index (χ4v) is 2.10. The lowest BCUT2D eigenvalue weighted by Crippen LogP contribution is -2.26. The van der Waals surface area contributed by atoms with Crippen LogP contribution >= 0.6 is 15.9 Å². The lowest BCUT2D eigenvalue weighted by Gasteiger charge is -2.07. The van der Waals surface area contributed by atoms with Crippen molar-refractivity contribution in [3.63, 3.8) is 0 Å². The van der Waals surface area contributed by atoms with Gasteiger partial charge < -0.3 is 5.32 Å². The number of carbonyl (C=O) groups is 1. The molecule has 1 rings (SSSR count). The van der Waals surface area contributed by atoms with E-state index < -0.39 is 0 Å². The van der Waals surface area contributed by atoms with Gasteiger partial charge in [0.2, 0.25) is 5.91 Å². The summed E-state index contributed by atoms with van der Waals surface area (Å²) in [5.41, 5.74) is 3.60. The summed E-state index contributed by atoms with van der Waals surface area (Å²) in [4.78, 5) is 12.3. The van der Waals surface area contributed by atoms with Gasteiger partial charge in [0.25, 0.3) is 0 Å². The molecule has 0 spiro atoms. The Balaban J connectivity index is 2.33. The summed E-state index contributed by atoms with van der Waals surface area (Å²) < 4.78 is 0. The zero-order chi connectivity index (χ0) is 13.5. The highest BCUT2D eigenvalue weighted by Crippen LogP contribution is 2.10. The molecule has 3 heteroatoms. The second kappa shape index (κ2) is 7.57. The maximum atomic E-state index is 11.7. The van der Waals surface area contributed by atoms with Crippen LogP contribution in [0.4, 0.5) is 0 Å². The van der Waals surface area contributed by atoms with Gasteiger partial charge in [-0.3, -0.25) is 4.79 Å². The number of benzene rings is 1. The summed E-state index contributed by atoms with van der Waals surface area (Å²) in [5.74, 6) is 0.112. The van der Waals surface area contributed by atoms with Crippen LogP contribution in [0.3, 0.4) is 0 Å². The molecule has 0 radical (unpaired) electrons. The summed E-state index contributed by atoms with van der Waals surface area (Å²) >= 11 is 3.50. The molecule has 0 aliphatic carbocycles. The predicted molar refractivity (Wildman–Crippen MR) is 80.3 cm³/mol. The van der Waals surface area contributed by atoms with E-state index in [0.29, 0.717) is 11.2 Å². The van der Waals surface area contributed by atoms with E-state index in [1.165, 1.54) is 11.1 Å². The lowest BCUT2D eigenvalue weighted by atomic mass is 10.0. The first-order valence-corrected chi connectivity index (χ1v) is 7.37. The van der Waals surface area contributed by atoms with Gasteiger partial charge in [-0.2, -0.15) is 0 Å². The van der Waals surface area contributed by atoms with Gasteiger partial charge in [0.05, 0.1) is 6.42 Å². The Morgan fingerprint density at radius 3 is 2.67 bits per heavy atom. The summed E-state index contributed by atoms with van der Waals surface area (Å²) in [7, 11) is 0. The smallest absolute Gasteiger partial charge is 0.224 e. The first-order chi connectivity index (χ1) is 8.49. The number of aryl methyl sites for hydroxylation is 2. The second-order valence-corrected chi connectivity index (χ2v) is 6.43. The largest absolute Gasteiger partial charge is 0.356 e. The van der Waals surface area contributed by atoms with Crippen molar-refractivity contribution in [1.82, 2.24) is 5.32 Å². The number of hydrogen-bond donors (Lipinski definition) is 1. The number of hydrogen-bond acceptors (Lipinski definition) is 1. The molecule has 1 aromatic carbocycles. The van der Waals surface area contributed by atoms with Crippen molar-refractivity contribution < 1.29 is 4.79 Å².